The number of nitrogens with two attached hydrogens (primary N) is 1. The van der Waals surface area contributed by atoms with Gasteiger partial charge >= 0.3 is 0 Å². The monoisotopic (exact) mass is 251 g/mol. The largest absolute Gasteiger partial charge is 0.335 e. The summed E-state index contributed by atoms with van der Waals surface area (Å²) in [7, 11) is 1.86. The van der Waals surface area contributed by atoms with Crippen LogP contribution in [-0.4, -0.2) is 16.1 Å². The van der Waals surface area contributed by atoms with E-state index in [1.54, 1.807) is 0 Å². The van der Waals surface area contributed by atoms with Gasteiger partial charge in [-0.05, 0) is 25.6 Å². The topological polar surface area (TPSA) is 43.8 Å². The first-order valence-corrected chi connectivity index (χ1v) is 5.72. The van der Waals surface area contributed by atoms with Crippen molar-refractivity contribution in [3.05, 3.63) is 41.4 Å². The molecule has 0 fully saturated rings. The van der Waals surface area contributed by atoms with Crippen LogP contribution in [0.1, 0.15) is 11.5 Å². The summed E-state index contributed by atoms with van der Waals surface area (Å²) >= 11 is 0. The van der Waals surface area contributed by atoms with Gasteiger partial charge in [0.05, 0.1) is 5.69 Å². The predicted octanol–water partition coefficient (Wildman–Crippen LogP) is 2.17. The van der Waals surface area contributed by atoms with Crippen molar-refractivity contribution in [3.8, 4) is 11.3 Å². The van der Waals surface area contributed by atoms with Crippen LogP contribution in [0.4, 0.5) is 8.78 Å². The van der Waals surface area contributed by atoms with E-state index >= 15 is 0 Å². The quantitative estimate of drug-likeness (QED) is 0.908. The van der Waals surface area contributed by atoms with Crippen molar-refractivity contribution in [2.45, 2.75) is 13.3 Å². The minimum Gasteiger partial charge on any atom is -0.335 e. The van der Waals surface area contributed by atoms with Crippen LogP contribution in [0.25, 0.3) is 11.3 Å². The zero-order valence-electron chi connectivity index (χ0n) is 10.4. The zero-order chi connectivity index (χ0) is 13.3. The van der Waals surface area contributed by atoms with Crippen LogP contribution < -0.4 is 5.73 Å². The van der Waals surface area contributed by atoms with E-state index in [4.69, 9.17) is 5.73 Å². The molecule has 18 heavy (non-hydrogen) atoms. The van der Waals surface area contributed by atoms with Crippen LogP contribution in [0, 0.1) is 18.6 Å². The molecule has 0 bridgehead atoms. The molecule has 1 aromatic heterocycles. The van der Waals surface area contributed by atoms with Gasteiger partial charge in [-0.3, -0.25) is 0 Å². The van der Waals surface area contributed by atoms with E-state index in [0.29, 0.717) is 24.2 Å². The van der Waals surface area contributed by atoms with Crippen molar-refractivity contribution >= 4 is 0 Å². The summed E-state index contributed by atoms with van der Waals surface area (Å²) in [6, 6.07) is 3.51. The van der Waals surface area contributed by atoms with Gasteiger partial charge in [0.2, 0.25) is 0 Å². The molecule has 2 N–H and O–H groups in total. The average Bonchev–Trinajstić information content (AvgIpc) is 2.58. The summed E-state index contributed by atoms with van der Waals surface area (Å²) < 4.78 is 28.5. The normalized spacial score (nSPS) is 10.9. The Bertz CT molecular complexity index is 576. The van der Waals surface area contributed by atoms with Gasteiger partial charge < -0.3 is 10.3 Å². The van der Waals surface area contributed by atoms with Crippen molar-refractivity contribution in [3.63, 3.8) is 0 Å². The minimum atomic E-state index is -0.601. The number of halogens is 2. The zero-order valence-corrected chi connectivity index (χ0v) is 10.4. The number of rotatable bonds is 3. The standard InChI is InChI=1S/C13H15F2N3/c1-8-13(17-12(5-6-16)18(8)2)10-4-3-9(14)7-11(10)15/h3-4,7H,5-6,16H2,1-2H3. The van der Waals surface area contributed by atoms with Crippen molar-refractivity contribution in [1.82, 2.24) is 9.55 Å². The maximum absolute atomic E-state index is 13.7. The summed E-state index contributed by atoms with van der Waals surface area (Å²) in [5.41, 5.74) is 7.19. The highest BCUT2D eigenvalue weighted by Crippen LogP contribution is 2.26. The fourth-order valence-corrected chi connectivity index (χ4v) is 1.93. The first-order chi connectivity index (χ1) is 8.54. The van der Waals surface area contributed by atoms with Crippen LogP contribution >= 0.6 is 0 Å². The van der Waals surface area contributed by atoms with E-state index < -0.39 is 11.6 Å². The highest BCUT2D eigenvalue weighted by atomic mass is 19.1. The molecule has 3 nitrogen and oxygen atoms in total. The fourth-order valence-electron chi connectivity index (χ4n) is 1.93. The molecule has 0 atom stereocenters. The Balaban J connectivity index is 2.53. The molecular formula is C13H15F2N3. The van der Waals surface area contributed by atoms with Crippen LogP contribution in [0.3, 0.4) is 0 Å². The van der Waals surface area contributed by atoms with Crippen LogP contribution in [-0.2, 0) is 13.5 Å². The molecular weight excluding hydrogens is 236 g/mol. The molecule has 0 amide bonds. The van der Waals surface area contributed by atoms with Gasteiger partial charge in [0.15, 0.2) is 0 Å². The SMILES string of the molecule is Cc1c(-c2ccc(F)cc2F)nc(CCN)n1C. The number of benzene rings is 1. The average molecular weight is 251 g/mol. The highest BCUT2D eigenvalue weighted by molar-refractivity contribution is 5.63. The lowest BCUT2D eigenvalue weighted by Gasteiger charge is -2.02. The Hall–Kier alpha value is -1.75. The third kappa shape index (κ3) is 2.13. The molecule has 96 valence electrons. The maximum atomic E-state index is 13.7. The number of hydrogen-bond donors (Lipinski definition) is 1. The highest BCUT2D eigenvalue weighted by Gasteiger charge is 2.15. The lowest BCUT2D eigenvalue weighted by Crippen LogP contribution is -2.08. The molecule has 0 aliphatic carbocycles. The molecule has 0 unspecified atom stereocenters. The number of imidazole rings is 1. The van der Waals surface area contributed by atoms with Crippen molar-refractivity contribution in [2.75, 3.05) is 6.54 Å². The Morgan fingerprint density at radius 1 is 1.33 bits per heavy atom. The Labute approximate surface area is 104 Å². The molecule has 0 aliphatic rings. The number of hydrogen-bond acceptors (Lipinski definition) is 2. The number of aromatic nitrogens is 2. The minimum absolute atomic E-state index is 0.313. The molecule has 0 radical (unpaired) electrons. The molecule has 0 aliphatic heterocycles. The van der Waals surface area contributed by atoms with Gasteiger partial charge in [0.1, 0.15) is 17.5 Å². The lowest BCUT2D eigenvalue weighted by atomic mass is 10.1. The van der Waals surface area contributed by atoms with E-state index in [1.165, 1.54) is 12.1 Å². The van der Waals surface area contributed by atoms with Crippen LogP contribution in [0.15, 0.2) is 18.2 Å². The third-order valence-electron chi connectivity index (χ3n) is 3.03. The fraction of sp³-hybridized carbons (Fsp3) is 0.308. The second kappa shape index (κ2) is 4.86. The Morgan fingerprint density at radius 3 is 2.67 bits per heavy atom. The van der Waals surface area contributed by atoms with Gasteiger partial charge in [-0.15, -0.1) is 0 Å². The molecule has 1 aromatic carbocycles. The summed E-state index contributed by atoms with van der Waals surface area (Å²) in [5, 5.41) is 0. The van der Waals surface area contributed by atoms with Crippen LogP contribution in [0.5, 0.6) is 0 Å². The molecule has 2 rings (SSSR count). The summed E-state index contributed by atoms with van der Waals surface area (Å²) in [5.74, 6) is -0.392. The first kappa shape index (κ1) is 12.7. The van der Waals surface area contributed by atoms with Gasteiger partial charge in [-0.2, -0.15) is 0 Å². The smallest absolute Gasteiger partial charge is 0.135 e. The summed E-state index contributed by atoms with van der Waals surface area (Å²) in [6.07, 6.45) is 0.625. The van der Waals surface area contributed by atoms with Gasteiger partial charge in [0, 0.05) is 30.8 Å². The van der Waals surface area contributed by atoms with E-state index in [2.05, 4.69) is 4.98 Å². The molecule has 0 saturated heterocycles. The van der Waals surface area contributed by atoms with Crippen molar-refractivity contribution in [1.29, 1.82) is 0 Å². The van der Waals surface area contributed by atoms with Crippen molar-refractivity contribution in [2.24, 2.45) is 12.8 Å². The van der Waals surface area contributed by atoms with E-state index in [-0.39, 0.29) is 0 Å². The van der Waals surface area contributed by atoms with Gasteiger partial charge in [-0.1, -0.05) is 0 Å². The lowest BCUT2D eigenvalue weighted by molar-refractivity contribution is 0.585. The molecule has 2 aromatic rings. The van der Waals surface area contributed by atoms with Gasteiger partial charge in [-0.25, -0.2) is 13.8 Å². The van der Waals surface area contributed by atoms with E-state index in [1.807, 2.05) is 18.5 Å². The number of nitrogens with zero attached hydrogens (tertiary/aromatic N) is 2. The maximum Gasteiger partial charge on any atom is 0.135 e. The molecule has 0 spiro atoms. The second-order valence-corrected chi connectivity index (χ2v) is 4.18. The predicted molar refractivity (Wildman–Crippen MR) is 66.1 cm³/mol. The summed E-state index contributed by atoms with van der Waals surface area (Å²) in [4.78, 5) is 4.38. The Kier molecular flexibility index (Phi) is 3.43. The van der Waals surface area contributed by atoms with Gasteiger partial charge in [0.25, 0.3) is 0 Å². The second-order valence-electron chi connectivity index (χ2n) is 4.18. The molecule has 0 saturated carbocycles. The third-order valence-corrected chi connectivity index (χ3v) is 3.03. The molecule has 5 heteroatoms. The van der Waals surface area contributed by atoms with Crippen molar-refractivity contribution < 1.29 is 8.78 Å². The van der Waals surface area contributed by atoms with E-state index in [9.17, 15) is 8.78 Å². The molecule has 1 heterocycles. The summed E-state index contributed by atoms with van der Waals surface area (Å²) in [6.45, 7) is 2.33. The first-order valence-electron chi connectivity index (χ1n) is 5.72. The van der Waals surface area contributed by atoms with Crippen LogP contribution in [0.2, 0.25) is 0 Å². The Morgan fingerprint density at radius 2 is 2.06 bits per heavy atom. The van der Waals surface area contributed by atoms with E-state index in [0.717, 1.165) is 17.6 Å².